The molecule has 0 aliphatic carbocycles. The number of carbonyl (C=O) groups is 1. The van der Waals surface area contributed by atoms with Crippen LogP contribution in [0.5, 0.6) is 11.9 Å². The number of carbonyl (C=O) groups excluding carboxylic acids is 1. The standard InChI is InChI=1S/C17H20N6O3/c1-11(24)23-6-2-3-12(10-23)20-8-13(7-18)26-17-21-15-9-19-5-4-14(15)16(25)22-17/h4-5,7-9,12,18,20H,2-3,6,10H2,1H3,(H,21,22,25)/b13-8+,18-7?/t12-/m0/s1. The molecule has 1 aliphatic rings. The normalized spacial score (nSPS) is 17.8. The monoisotopic (exact) mass is 356 g/mol. The van der Waals surface area contributed by atoms with Crippen molar-refractivity contribution < 1.29 is 14.6 Å². The van der Waals surface area contributed by atoms with Crippen LogP contribution in [0.25, 0.3) is 10.9 Å². The van der Waals surface area contributed by atoms with E-state index in [0.29, 0.717) is 17.4 Å². The minimum absolute atomic E-state index is 0.0534. The molecule has 1 atom stereocenters. The van der Waals surface area contributed by atoms with Crippen molar-refractivity contribution in [2.75, 3.05) is 13.1 Å². The molecule has 0 saturated carbocycles. The number of nitrogens with zero attached hydrogens (tertiary/aromatic N) is 4. The average Bonchev–Trinajstić information content (AvgIpc) is 2.65. The van der Waals surface area contributed by atoms with Crippen molar-refractivity contribution in [3.05, 3.63) is 30.4 Å². The Hall–Kier alpha value is -3.23. The zero-order chi connectivity index (χ0) is 18.5. The van der Waals surface area contributed by atoms with Crippen LogP contribution in [0, 0.1) is 5.41 Å². The summed E-state index contributed by atoms with van der Waals surface area (Å²) < 4.78 is 5.48. The summed E-state index contributed by atoms with van der Waals surface area (Å²) in [5, 5.41) is 21.1. The summed E-state index contributed by atoms with van der Waals surface area (Å²) in [6.45, 7) is 2.93. The summed E-state index contributed by atoms with van der Waals surface area (Å²) in [5.74, 6) is 0.0271. The number of likely N-dealkylation sites (tertiary alicyclic amines) is 1. The Bertz CT molecular complexity index is 854. The van der Waals surface area contributed by atoms with E-state index >= 15 is 0 Å². The number of fused-ring (bicyclic) bond motifs is 1. The van der Waals surface area contributed by atoms with Gasteiger partial charge in [0.25, 0.3) is 0 Å². The van der Waals surface area contributed by atoms with Gasteiger partial charge >= 0.3 is 6.01 Å². The van der Waals surface area contributed by atoms with Gasteiger partial charge in [0, 0.05) is 38.5 Å². The largest absolute Gasteiger partial charge is 0.493 e. The predicted molar refractivity (Wildman–Crippen MR) is 94.9 cm³/mol. The number of hydrogen-bond acceptors (Lipinski definition) is 8. The Labute approximate surface area is 150 Å². The number of hydrogen-bond donors (Lipinski definition) is 3. The summed E-state index contributed by atoms with van der Waals surface area (Å²) in [5.41, 5.74) is 0.441. The maximum absolute atomic E-state index is 11.5. The second-order valence-corrected chi connectivity index (χ2v) is 5.99. The van der Waals surface area contributed by atoms with E-state index in [4.69, 9.17) is 10.1 Å². The van der Waals surface area contributed by atoms with Gasteiger partial charge < -0.3 is 25.5 Å². The van der Waals surface area contributed by atoms with Crippen LogP contribution in [-0.4, -0.2) is 56.2 Å². The number of ether oxygens (including phenoxy) is 1. The van der Waals surface area contributed by atoms with Gasteiger partial charge in [0.15, 0.2) is 5.76 Å². The molecule has 2 aromatic heterocycles. The lowest BCUT2D eigenvalue weighted by Gasteiger charge is -2.32. The quantitative estimate of drug-likeness (QED) is 0.543. The van der Waals surface area contributed by atoms with Crippen LogP contribution in [0.4, 0.5) is 0 Å². The first kappa shape index (κ1) is 17.6. The van der Waals surface area contributed by atoms with E-state index < -0.39 is 0 Å². The summed E-state index contributed by atoms with van der Waals surface area (Å²) >= 11 is 0. The highest BCUT2D eigenvalue weighted by Gasteiger charge is 2.20. The third kappa shape index (κ3) is 4.05. The first-order valence-corrected chi connectivity index (χ1v) is 8.27. The molecular formula is C17H20N6O3. The van der Waals surface area contributed by atoms with E-state index in [1.165, 1.54) is 12.4 Å². The van der Waals surface area contributed by atoms with Gasteiger partial charge in [-0.1, -0.05) is 0 Å². The first-order valence-electron chi connectivity index (χ1n) is 8.27. The molecule has 0 unspecified atom stereocenters. The molecule has 0 bridgehead atoms. The number of piperidine rings is 1. The van der Waals surface area contributed by atoms with Crippen molar-refractivity contribution in [2.45, 2.75) is 25.8 Å². The van der Waals surface area contributed by atoms with Crippen molar-refractivity contribution in [2.24, 2.45) is 0 Å². The van der Waals surface area contributed by atoms with E-state index in [1.807, 2.05) is 0 Å². The number of aromatic nitrogens is 3. The highest BCUT2D eigenvalue weighted by molar-refractivity contribution is 5.82. The highest BCUT2D eigenvalue weighted by atomic mass is 16.5. The van der Waals surface area contributed by atoms with E-state index in [0.717, 1.165) is 25.6 Å². The molecule has 0 radical (unpaired) electrons. The average molecular weight is 356 g/mol. The van der Waals surface area contributed by atoms with Gasteiger partial charge in [0.1, 0.15) is 0 Å². The molecule has 1 aliphatic heterocycles. The van der Waals surface area contributed by atoms with Gasteiger partial charge in [-0.3, -0.25) is 9.78 Å². The van der Waals surface area contributed by atoms with Gasteiger partial charge in [-0.15, -0.1) is 0 Å². The van der Waals surface area contributed by atoms with Crippen LogP contribution in [0.15, 0.2) is 30.4 Å². The Morgan fingerprint density at radius 2 is 2.35 bits per heavy atom. The molecule has 3 rings (SSSR count). The van der Waals surface area contributed by atoms with Crippen molar-refractivity contribution in [1.82, 2.24) is 25.2 Å². The van der Waals surface area contributed by atoms with Crippen LogP contribution in [0.3, 0.4) is 0 Å². The minimum atomic E-state index is -0.214. The lowest BCUT2D eigenvalue weighted by atomic mass is 10.1. The molecule has 9 heteroatoms. The number of nitrogens with one attached hydrogen (secondary N) is 2. The van der Waals surface area contributed by atoms with Gasteiger partial charge in [-0.25, -0.2) is 0 Å². The second-order valence-electron chi connectivity index (χ2n) is 5.99. The van der Waals surface area contributed by atoms with Crippen molar-refractivity contribution in [3.63, 3.8) is 0 Å². The zero-order valence-corrected chi connectivity index (χ0v) is 14.3. The highest BCUT2D eigenvalue weighted by Crippen LogP contribution is 2.23. The number of amides is 1. The van der Waals surface area contributed by atoms with Crippen LogP contribution in [-0.2, 0) is 4.79 Å². The number of pyridine rings is 1. The summed E-state index contributed by atoms with van der Waals surface area (Å²) in [4.78, 5) is 25.3. The predicted octanol–water partition coefficient (Wildman–Crippen LogP) is 1.20. The van der Waals surface area contributed by atoms with E-state index in [9.17, 15) is 9.90 Å². The van der Waals surface area contributed by atoms with E-state index in [2.05, 4.69) is 20.3 Å². The third-order valence-corrected chi connectivity index (χ3v) is 4.14. The zero-order valence-electron chi connectivity index (χ0n) is 14.3. The fourth-order valence-electron chi connectivity index (χ4n) is 2.79. The van der Waals surface area contributed by atoms with E-state index in [1.54, 1.807) is 24.1 Å². The number of rotatable bonds is 5. The molecular weight excluding hydrogens is 336 g/mol. The van der Waals surface area contributed by atoms with Crippen LogP contribution < -0.4 is 10.1 Å². The van der Waals surface area contributed by atoms with Crippen LogP contribution in [0.2, 0.25) is 0 Å². The van der Waals surface area contributed by atoms with Crippen molar-refractivity contribution in [3.8, 4) is 11.9 Å². The topological polar surface area (TPSA) is 124 Å². The second kappa shape index (κ2) is 7.77. The van der Waals surface area contributed by atoms with Crippen molar-refractivity contribution in [1.29, 1.82) is 5.41 Å². The molecule has 0 aromatic carbocycles. The molecule has 1 saturated heterocycles. The SMILES string of the molecule is CC(=O)N1CCC[C@H](N/C=C(\C=N)Oc2nc(O)c3ccncc3n2)C1. The molecule has 1 amide bonds. The maximum Gasteiger partial charge on any atom is 0.326 e. The lowest BCUT2D eigenvalue weighted by Crippen LogP contribution is -2.46. The smallest absolute Gasteiger partial charge is 0.326 e. The summed E-state index contributed by atoms with van der Waals surface area (Å²) in [7, 11) is 0. The summed E-state index contributed by atoms with van der Waals surface area (Å²) in [6, 6.07) is 1.61. The Balaban J connectivity index is 1.70. The number of aromatic hydroxyl groups is 1. The fourth-order valence-corrected chi connectivity index (χ4v) is 2.79. The maximum atomic E-state index is 11.5. The van der Waals surface area contributed by atoms with E-state index in [-0.39, 0.29) is 29.6 Å². The molecule has 0 spiro atoms. The Kier molecular flexibility index (Phi) is 5.26. The Morgan fingerprint density at radius 3 is 3.12 bits per heavy atom. The minimum Gasteiger partial charge on any atom is -0.493 e. The van der Waals surface area contributed by atoms with Gasteiger partial charge in [0.05, 0.1) is 23.3 Å². The number of allylic oxidation sites excluding steroid dienone is 1. The van der Waals surface area contributed by atoms with Gasteiger partial charge in [-0.2, -0.15) is 9.97 Å². The van der Waals surface area contributed by atoms with Crippen LogP contribution in [0.1, 0.15) is 19.8 Å². The molecule has 3 heterocycles. The Morgan fingerprint density at radius 1 is 1.50 bits per heavy atom. The molecule has 2 aromatic rings. The summed E-state index contributed by atoms with van der Waals surface area (Å²) in [6.07, 6.45) is 7.44. The lowest BCUT2D eigenvalue weighted by molar-refractivity contribution is -0.130. The fraction of sp³-hybridized carbons (Fsp3) is 0.353. The molecule has 136 valence electrons. The van der Waals surface area contributed by atoms with Gasteiger partial charge in [-0.05, 0) is 18.9 Å². The molecule has 26 heavy (non-hydrogen) atoms. The van der Waals surface area contributed by atoms with Gasteiger partial charge in [0.2, 0.25) is 11.8 Å². The molecule has 1 fully saturated rings. The molecule has 9 nitrogen and oxygen atoms in total. The first-order chi connectivity index (χ1) is 12.6. The van der Waals surface area contributed by atoms with Crippen LogP contribution >= 0.6 is 0 Å². The molecule has 3 N–H and O–H groups in total. The van der Waals surface area contributed by atoms with Crippen molar-refractivity contribution >= 4 is 23.0 Å². The third-order valence-electron chi connectivity index (χ3n) is 4.14.